The van der Waals surface area contributed by atoms with Crippen molar-refractivity contribution in [2.75, 3.05) is 47.5 Å². The van der Waals surface area contributed by atoms with E-state index in [1.54, 1.807) is 0 Å². The van der Waals surface area contributed by atoms with Gasteiger partial charge in [0.25, 0.3) is 6.29 Å². The minimum absolute atomic E-state index is 0.173. The number of aliphatic carboxylic acids is 1. The molecule has 9 heteroatoms. The summed E-state index contributed by atoms with van der Waals surface area (Å²) in [4.78, 5) is 37.7. The number of carbonyl (C=O) groups excluding carboxylic acids is 2. The molecule has 0 saturated carbocycles. The van der Waals surface area contributed by atoms with E-state index < -0.39 is 18.4 Å². The van der Waals surface area contributed by atoms with E-state index in [2.05, 4.69) is 26.0 Å². The molecule has 1 N–H and O–H groups in total. The van der Waals surface area contributed by atoms with Crippen LogP contribution < -0.4 is 0 Å². The number of carboxylic acids is 1. The van der Waals surface area contributed by atoms with Crippen molar-refractivity contribution in [1.29, 1.82) is 0 Å². The lowest BCUT2D eigenvalue weighted by atomic mass is 10.0. The summed E-state index contributed by atoms with van der Waals surface area (Å²) in [5, 5.41) is 9.76. The number of hydrogen-bond donors (Lipinski definition) is 1. The number of allylic oxidation sites excluding steroid dienone is 2. The maximum atomic E-state index is 13.0. The molecule has 9 nitrogen and oxygen atoms in total. The fourth-order valence-corrected chi connectivity index (χ4v) is 11.9. The third kappa shape index (κ3) is 69.5. The first-order valence-electron chi connectivity index (χ1n) is 38.4. The van der Waals surface area contributed by atoms with Crippen LogP contribution in [0.4, 0.5) is 0 Å². The van der Waals surface area contributed by atoms with Crippen molar-refractivity contribution in [2.24, 2.45) is 0 Å². The van der Waals surface area contributed by atoms with Gasteiger partial charge in [0.2, 0.25) is 0 Å². The summed E-state index contributed by atoms with van der Waals surface area (Å²) in [6, 6.07) is 0. The molecular formula is C77H150NO8+. The van der Waals surface area contributed by atoms with E-state index >= 15 is 0 Å². The average molecular weight is 1220 g/mol. The molecule has 0 bridgehead atoms. The van der Waals surface area contributed by atoms with Gasteiger partial charge in [0, 0.05) is 12.8 Å². The molecule has 86 heavy (non-hydrogen) atoms. The van der Waals surface area contributed by atoms with Crippen LogP contribution in [-0.2, 0) is 33.3 Å². The zero-order chi connectivity index (χ0) is 62.6. The van der Waals surface area contributed by atoms with Crippen LogP contribution in [-0.4, -0.2) is 87.4 Å². The van der Waals surface area contributed by atoms with E-state index in [4.69, 9.17) is 18.9 Å². The second kappa shape index (κ2) is 68.9. The summed E-state index contributed by atoms with van der Waals surface area (Å²) in [5.74, 6) is -1.97. The van der Waals surface area contributed by atoms with Crippen LogP contribution in [0.3, 0.4) is 0 Å². The Morgan fingerprint density at radius 1 is 0.337 bits per heavy atom. The molecule has 0 aliphatic rings. The number of rotatable bonds is 73. The standard InChI is InChI=1S/C77H149NO8/c1-6-8-10-12-14-16-18-20-22-24-26-28-30-32-34-35-36-37-38-39-40-41-42-44-46-48-50-52-54-56-58-60-62-64-66-68-75(80)86-73(72-85-77(76(81)82)83-70-69-78(3,4)5)71-84-74(79)67-65-63-61-59-57-55-53-51-49-47-45-43-33-31-29-27-25-23-21-19-17-15-13-11-9-7-2/h24,26,73,77H,6-23,25,27-72H2,1-5H3/p+1/b26-24-. The van der Waals surface area contributed by atoms with Crippen molar-refractivity contribution in [2.45, 2.75) is 418 Å². The van der Waals surface area contributed by atoms with Crippen LogP contribution in [0.5, 0.6) is 0 Å². The number of carbonyl (C=O) groups is 3. The van der Waals surface area contributed by atoms with Crippen LogP contribution in [0.25, 0.3) is 0 Å². The fraction of sp³-hybridized carbons (Fsp3) is 0.935. The molecule has 0 aliphatic carbocycles. The number of hydrogen-bond acceptors (Lipinski definition) is 7. The minimum Gasteiger partial charge on any atom is -0.477 e. The van der Waals surface area contributed by atoms with Crippen molar-refractivity contribution in [3.05, 3.63) is 12.2 Å². The summed E-state index contributed by atoms with van der Waals surface area (Å²) in [6.07, 6.45) is 82.2. The van der Waals surface area contributed by atoms with Gasteiger partial charge in [-0.05, 0) is 38.5 Å². The second-order valence-electron chi connectivity index (χ2n) is 27.7. The van der Waals surface area contributed by atoms with Crippen molar-refractivity contribution < 1.29 is 42.9 Å². The third-order valence-corrected chi connectivity index (χ3v) is 17.8. The Bertz CT molecular complexity index is 1410. The highest BCUT2D eigenvalue weighted by atomic mass is 16.7. The molecule has 0 saturated heterocycles. The Morgan fingerprint density at radius 3 is 0.860 bits per heavy atom. The molecule has 0 heterocycles. The second-order valence-corrected chi connectivity index (χ2v) is 27.7. The fourth-order valence-electron chi connectivity index (χ4n) is 11.9. The molecule has 0 fully saturated rings. The number of quaternary nitrogens is 1. The Balaban J connectivity index is 3.98. The van der Waals surface area contributed by atoms with Crippen LogP contribution in [0.15, 0.2) is 12.2 Å². The van der Waals surface area contributed by atoms with Crippen molar-refractivity contribution in [3.63, 3.8) is 0 Å². The van der Waals surface area contributed by atoms with Gasteiger partial charge in [-0.2, -0.15) is 0 Å². The quantitative estimate of drug-likeness (QED) is 0.0211. The average Bonchev–Trinajstić information content (AvgIpc) is 3.64. The molecule has 0 aromatic heterocycles. The molecule has 0 aliphatic heterocycles. The largest absolute Gasteiger partial charge is 0.477 e. The summed E-state index contributed by atoms with van der Waals surface area (Å²) in [7, 11) is 6.00. The zero-order valence-corrected chi connectivity index (χ0v) is 58.5. The third-order valence-electron chi connectivity index (χ3n) is 17.8. The van der Waals surface area contributed by atoms with E-state index in [-0.39, 0.29) is 38.2 Å². The van der Waals surface area contributed by atoms with Crippen LogP contribution in [0.1, 0.15) is 406 Å². The molecule has 0 spiro atoms. The minimum atomic E-state index is -1.51. The predicted octanol–water partition coefficient (Wildman–Crippen LogP) is 24.0. The van der Waals surface area contributed by atoms with Crippen molar-refractivity contribution >= 4 is 17.9 Å². The normalized spacial score (nSPS) is 12.6. The number of ether oxygens (including phenoxy) is 4. The van der Waals surface area contributed by atoms with Crippen molar-refractivity contribution in [3.8, 4) is 0 Å². The monoisotopic (exact) mass is 1220 g/mol. The summed E-state index contributed by atoms with van der Waals surface area (Å²) in [5.41, 5.74) is 0. The van der Waals surface area contributed by atoms with Gasteiger partial charge < -0.3 is 28.5 Å². The number of esters is 2. The van der Waals surface area contributed by atoms with Crippen molar-refractivity contribution in [1.82, 2.24) is 0 Å². The van der Waals surface area contributed by atoms with E-state index in [0.717, 1.165) is 38.5 Å². The molecule has 2 unspecified atom stereocenters. The lowest BCUT2D eigenvalue weighted by molar-refractivity contribution is -0.870. The summed E-state index contributed by atoms with van der Waals surface area (Å²) in [6.45, 7) is 4.97. The summed E-state index contributed by atoms with van der Waals surface area (Å²) < 4.78 is 23.0. The van der Waals surface area contributed by atoms with Gasteiger partial charge in [-0.3, -0.25) is 9.59 Å². The number of carboxylic acid groups (broad SMARTS) is 1. The van der Waals surface area contributed by atoms with Crippen LogP contribution >= 0.6 is 0 Å². The molecule has 0 aromatic rings. The first-order chi connectivity index (χ1) is 42.1. The maximum absolute atomic E-state index is 13.0. The molecule has 0 aromatic carbocycles. The lowest BCUT2D eigenvalue weighted by Crippen LogP contribution is -2.40. The van der Waals surface area contributed by atoms with Gasteiger partial charge in [0.1, 0.15) is 13.2 Å². The summed E-state index contributed by atoms with van der Waals surface area (Å²) >= 11 is 0. The van der Waals surface area contributed by atoms with E-state index in [9.17, 15) is 19.5 Å². The highest BCUT2D eigenvalue weighted by molar-refractivity contribution is 5.71. The number of unbranched alkanes of at least 4 members (excludes halogenated alkanes) is 56. The van der Waals surface area contributed by atoms with Crippen LogP contribution in [0.2, 0.25) is 0 Å². The van der Waals surface area contributed by atoms with E-state index in [1.165, 1.54) is 340 Å². The zero-order valence-electron chi connectivity index (χ0n) is 58.5. The molecule has 510 valence electrons. The SMILES string of the molecule is CCCCCCCCCC/C=C\CCCCCCCCCCCCCCCCCCCCCCCCCC(=O)OC(COC(=O)CCCCCCCCCCCCCCCCCCCCCCCCCCCC)COC(OCC[N+](C)(C)C)C(=O)O. The molecule has 0 radical (unpaired) electrons. The lowest BCUT2D eigenvalue weighted by Gasteiger charge is -2.25. The Labute approximate surface area is 535 Å². The molecule has 0 rings (SSSR count). The molecular weight excluding hydrogens is 1070 g/mol. The highest BCUT2D eigenvalue weighted by Crippen LogP contribution is 2.20. The number of nitrogens with zero attached hydrogens (tertiary/aromatic N) is 1. The highest BCUT2D eigenvalue weighted by Gasteiger charge is 2.25. The van der Waals surface area contributed by atoms with Gasteiger partial charge in [-0.1, -0.05) is 366 Å². The maximum Gasteiger partial charge on any atom is 0.361 e. The predicted molar refractivity (Wildman–Crippen MR) is 369 cm³/mol. The van der Waals surface area contributed by atoms with E-state index in [0.29, 0.717) is 17.4 Å². The Kier molecular flexibility index (Phi) is 67.4. The topological polar surface area (TPSA) is 108 Å². The number of likely N-dealkylation sites (N-methyl/N-ethyl adjacent to an activating group) is 1. The Morgan fingerprint density at radius 2 is 0.593 bits per heavy atom. The smallest absolute Gasteiger partial charge is 0.361 e. The van der Waals surface area contributed by atoms with Gasteiger partial charge in [0.15, 0.2) is 6.10 Å². The first kappa shape index (κ1) is 84.0. The Hall–Kier alpha value is -1.97. The molecule has 2 atom stereocenters. The first-order valence-corrected chi connectivity index (χ1v) is 38.4. The van der Waals surface area contributed by atoms with Gasteiger partial charge >= 0.3 is 17.9 Å². The van der Waals surface area contributed by atoms with Gasteiger partial charge in [-0.25, -0.2) is 4.79 Å². The van der Waals surface area contributed by atoms with Crippen LogP contribution in [0, 0.1) is 0 Å². The molecule has 0 amide bonds. The van der Waals surface area contributed by atoms with Gasteiger partial charge in [0.05, 0.1) is 34.4 Å². The van der Waals surface area contributed by atoms with E-state index in [1.807, 2.05) is 21.1 Å². The van der Waals surface area contributed by atoms with Gasteiger partial charge in [-0.15, -0.1) is 0 Å².